The predicted octanol–water partition coefficient (Wildman–Crippen LogP) is 4.39. The van der Waals surface area contributed by atoms with Gasteiger partial charge in [-0.25, -0.2) is 13.8 Å². The number of rotatable bonds is 6. The van der Waals surface area contributed by atoms with Gasteiger partial charge in [0, 0.05) is 29.6 Å². The van der Waals surface area contributed by atoms with E-state index in [2.05, 4.69) is 15.6 Å². The molecule has 3 atom stereocenters. The van der Waals surface area contributed by atoms with Crippen LogP contribution >= 0.6 is 0 Å². The van der Waals surface area contributed by atoms with Crippen molar-refractivity contribution >= 4 is 29.2 Å². The summed E-state index contributed by atoms with van der Waals surface area (Å²) in [7, 11) is 0. The van der Waals surface area contributed by atoms with Gasteiger partial charge in [-0.05, 0) is 79.1 Å². The fourth-order valence-electron chi connectivity index (χ4n) is 7.22. The van der Waals surface area contributed by atoms with Crippen molar-refractivity contribution in [3.8, 4) is 0 Å². The number of anilines is 2. The molecule has 1 aliphatic carbocycles. The molecule has 0 radical (unpaired) electrons. The number of piperidine rings is 1. The molecule has 1 aromatic heterocycles. The Kier molecular flexibility index (Phi) is 6.84. The van der Waals surface area contributed by atoms with Gasteiger partial charge in [0.05, 0.1) is 16.9 Å². The molecule has 1 spiro atoms. The molecule has 3 unspecified atom stereocenters. The number of carbonyl (C=O) groups excluding carboxylic acids is 3. The highest BCUT2D eigenvalue weighted by molar-refractivity contribution is 6.06. The second-order valence-electron chi connectivity index (χ2n) is 11.7. The van der Waals surface area contributed by atoms with Crippen LogP contribution in [-0.4, -0.2) is 40.2 Å². The molecule has 218 valence electrons. The quantitative estimate of drug-likeness (QED) is 0.404. The molecule has 3 aromatic rings. The molecule has 4 N–H and O–H groups in total. The third-order valence-electron chi connectivity index (χ3n) is 9.56. The molecule has 42 heavy (non-hydrogen) atoms. The maximum Gasteiger partial charge on any atom is 0.244 e. The second-order valence-corrected chi connectivity index (χ2v) is 11.7. The Balaban J connectivity index is 1.25. The van der Waals surface area contributed by atoms with Crippen LogP contribution in [-0.2, 0) is 32.6 Å². The van der Waals surface area contributed by atoms with Crippen molar-refractivity contribution in [2.75, 3.05) is 17.2 Å². The first-order valence-corrected chi connectivity index (χ1v) is 14.3. The Morgan fingerprint density at radius 2 is 1.79 bits per heavy atom. The monoisotopic (exact) mass is 573 g/mol. The molecule has 3 heterocycles. The Hall–Kier alpha value is -4.18. The first-order chi connectivity index (χ1) is 20.1. The minimum absolute atomic E-state index is 0.0880. The summed E-state index contributed by atoms with van der Waals surface area (Å²) in [6.07, 6.45) is 3.88. The average molecular weight is 574 g/mol. The summed E-state index contributed by atoms with van der Waals surface area (Å²) in [5.41, 5.74) is 8.54. The summed E-state index contributed by atoms with van der Waals surface area (Å²) < 4.78 is 28.4. The number of hydrogen-bond donors (Lipinski definition) is 3. The topological polar surface area (TPSA) is 117 Å². The maximum atomic E-state index is 14.2. The molecule has 0 bridgehead atoms. The Morgan fingerprint density at radius 3 is 2.50 bits per heavy atom. The minimum atomic E-state index is -0.877. The number of nitrogens with two attached hydrogens (primary N) is 1. The summed E-state index contributed by atoms with van der Waals surface area (Å²) in [5, 5.41) is 5.79. The molecular formula is C32H33F2N5O3. The molecule has 1 fully saturated rings. The summed E-state index contributed by atoms with van der Waals surface area (Å²) in [6.45, 7) is 3.47. The summed E-state index contributed by atoms with van der Waals surface area (Å²) in [6, 6.07) is 11.1. The van der Waals surface area contributed by atoms with Gasteiger partial charge in [-0.15, -0.1) is 0 Å². The standard InChI is InChI=1S/C32H33F2N5O3/c1-3-31(4-2)26(35)14-25(19-10-21(33)13-22(34)11-19)39(30(31)42)17-27(40)37-23-8-7-18-15-32(16-20(18)12-23)24-6-5-9-36-28(24)38-29(32)41/h5-13,25-26H,3-4,14-17,35H2,1-2H3,(H,37,40)(H,36,38,41). The average Bonchev–Trinajstić information content (AvgIpc) is 3.47. The molecule has 2 aromatic carbocycles. The fraction of sp³-hybridized carbons (Fsp3) is 0.375. The largest absolute Gasteiger partial charge is 0.327 e. The van der Waals surface area contributed by atoms with Crippen molar-refractivity contribution in [1.29, 1.82) is 0 Å². The molecular weight excluding hydrogens is 540 g/mol. The highest BCUT2D eigenvalue weighted by Crippen LogP contribution is 2.47. The smallest absolute Gasteiger partial charge is 0.244 e. The molecule has 1 saturated heterocycles. The third-order valence-corrected chi connectivity index (χ3v) is 9.56. The van der Waals surface area contributed by atoms with Crippen molar-refractivity contribution < 1.29 is 23.2 Å². The Morgan fingerprint density at radius 1 is 1.07 bits per heavy atom. The zero-order valence-electron chi connectivity index (χ0n) is 23.5. The van der Waals surface area contributed by atoms with E-state index in [1.165, 1.54) is 17.0 Å². The van der Waals surface area contributed by atoms with Gasteiger partial charge in [0.15, 0.2) is 0 Å². The van der Waals surface area contributed by atoms with Crippen molar-refractivity contribution in [2.24, 2.45) is 11.1 Å². The van der Waals surface area contributed by atoms with Crippen LogP contribution in [0.25, 0.3) is 0 Å². The fourth-order valence-corrected chi connectivity index (χ4v) is 7.22. The lowest BCUT2D eigenvalue weighted by molar-refractivity contribution is -0.155. The van der Waals surface area contributed by atoms with Gasteiger partial charge in [-0.1, -0.05) is 26.0 Å². The van der Waals surface area contributed by atoms with E-state index >= 15 is 0 Å². The summed E-state index contributed by atoms with van der Waals surface area (Å²) in [4.78, 5) is 46.1. The van der Waals surface area contributed by atoms with Crippen LogP contribution in [0.3, 0.4) is 0 Å². The van der Waals surface area contributed by atoms with E-state index in [0.717, 1.165) is 22.8 Å². The minimum Gasteiger partial charge on any atom is -0.327 e. The lowest BCUT2D eigenvalue weighted by Gasteiger charge is -2.49. The van der Waals surface area contributed by atoms with Crippen LogP contribution in [0.15, 0.2) is 54.7 Å². The van der Waals surface area contributed by atoms with Crippen molar-refractivity contribution in [2.45, 2.75) is 63.5 Å². The van der Waals surface area contributed by atoms with E-state index in [1.54, 1.807) is 12.3 Å². The van der Waals surface area contributed by atoms with Gasteiger partial charge in [-0.2, -0.15) is 0 Å². The van der Waals surface area contributed by atoms with Crippen LogP contribution in [0.1, 0.15) is 61.4 Å². The van der Waals surface area contributed by atoms with Crippen molar-refractivity contribution in [3.63, 3.8) is 0 Å². The van der Waals surface area contributed by atoms with Crippen LogP contribution in [0.4, 0.5) is 20.3 Å². The normalized spacial score (nSPS) is 24.0. The SMILES string of the molecule is CCC1(CC)C(=O)N(CC(=O)Nc2ccc3c(c2)CC2(C3)C(=O)Nc3ncccc32)C(c2cc(F)cc(F)c2)CC1N. The number of benzene rings is 2. The van der Waals surface area contributed by atoms with E-state index in [1.807, 2.05) is 38.1 Å². The van der Waals surface area contributed by atoms with Crippen LogP contribution in [0.5, 0.6) is 0 Å². The Labute approximate surface area is 242 Å². The number of nitrogens with zero attached hydrogens (tertiary/aromatic N) is 2. The van der Waals surface area contributed by atoms with Crippen molar-refractivity contribution in [3.05, 3.63) is 88.6 Å². The van der Waals surface area contributed by atoms with Gasteiger partial charge in [0.1, 0.15) is 24.0 Å². The van der Waals surface area contributed by atoms with Crippen LogP contribution in [0.2, 0.25) is 0 Å². The lowest BCUT2D eigenvalue weighted by atomic mass is 9.68. The number of amides is 3. The summed E-state index contributed by atoms with van der Waals surface area (Å²) >= 11 is 0. The number of nitrogens with one attached hydrogen (secondary N) is 2. The third kappa shape index (κ3) is 4.36. The van der Waals surface area contributed by atoms with Gasteiger partial charge in [-0.3, -0.25) is 14.4 Å². The first kappa shape index (κ1) is 28.0. The van der Waals surface area contributed by atoms with Gasteiger partial charge >= 0.3 is 0 Å². The molecule has 3 aliphatic rings. The maximum absolute atomic E-state index is 14.2. The highest BCUT2D eigenvalue weighted by Gasteiger charge is 2.52. The van der Waals surface area contributed by atoms with E-state index in [-0.39, 0.29) is 30.3 Å². The number of carbonyl (C=O) groups is 3. The van der Waals surface area contributed by atoms with Gasteiger partial charge in [0.2, 0.25) is 17.7 Å². The van der Waals surface area contributed by atoms with Crippen LogP contribution in [0, 0.1) is 17.0 Å². The number of halogens is 2. The number of likely N-dealkylation sites (tertiary alicyclic amines) is 1. The molecule has 10 heteroatoms. The van der Waals surface area contributed by atoms with Crippen LogP contribution < -0.4 is 16.4 Å². The molecule has 2 aliphatic heterocycles. The van der Waals surface area contributed by atoms with E-state index in [4.69, 9.17) is 5.73 Å². The molecule has 8 nitrogen and oxygen atoms in total. The molecule has 0 saturated carbocycles. The highest BCUT2D eigenvalue weighted by atomic mass is 19.1. The number of hydrogen-bond acceptors (Lipinski definition) is 5. The Bertz CT molecular complexity index is 1590. The van der Waals surface area contributed by atoms with Gasteiger partial charge < -0.3 is 21.3 Å². The number of aromatic nitrogens is 1. The van der Waals surface area contributed by atoms with E-state index < -0.39 is 40.5 Å². The number of fused-ring (bicyclic) bond motifs is 3. The number of pyridine rings is 1. The summed E-state index contributed by atoms with van der Waals surface area (Å²) in [5.74, 6) is -1.77. The second kappa shape index (κ2) is 10.3. The zero-order valence-corrected chi connectivity index (χ0v) is 23.5. The zero-order chi connectivity index (χ0) is 29.8. The van der Waals surface area contributed by atoms with Gasteiger partial charge in [0.25, 0.3) is 0 Å². The molecule has 3 amide bonds. The van der Waals surface area contributed by atoms with E-state index in [0.29, 0.717) is 37.2 Å². The van der Waals surface area contributed by atoms with E-state index in [9.17, 15) is 23.2 Å². The first-order valence-electron chi connectivity index (χ1n) is 14.3. The predicted molar refractivity (Wildman–Crippen MR) is 153 cm³/mol. The lowest BCUT2D eigenvalue weighted by Crippen LogP contribution is -2.60. The molecule has 6 rings (SSSR count). The van der Waals surface area contributed by atoms with Crippen molar-refractivity contribution in [1.82, 2.24) is 9.88 Å².